The minimum Gasteiger partial charge on any atom is -0.313 e. The summed E-state index contributed by atoms with van der Waals surface area (Å²) in [5.41, 5.74) is 1.84. The van der Waals surface area contributed by atoms with Crippen LogP contribution >= 0.6 is 11.3 Å². The van der Waals surface area contributed by atoms with Gasteiger partial charge in [-0.15, -0.1) is 11.3 Å². The number of amides is 1. The molecule has 0 unspecified atom stereocenters. The van der Waals surface area contributed by atoms with Crippen LogP contribution in [0.5, 0.6) is 0 Å². The highest BCUT2D eigenvalue weighted by atomic mass is 32.1. The van der Waals surface area contributed by atoms with Gasteiger partial charge in [-0.25, -0.2) is 0 Å². The van der Waals surface area contributed by atoms with Crippen LogP contribution in [-0.4, -0.2) is 5.91 Å². The van der Waals surface area contributed by atoms with Crippen LogP contribution in [-0.2, 0) is 17.6 Å². The lowest BCUT2D eigenvalue weighted by molar-refractivity contribution is -0.111. The molecule has 1 N–H and O–H groups in total. The summed E-state index contributed by atoms with van der Waals surface area (Å²) in [6.45, 7) is 1.80. The summed E-state index contributed by atoms with van der Waals surface area (Å²) in [5, 5.41) is 12.8. The third-order valence-corrected chi connectivity index (χ3v) is 4.30. The summed E-state index contributed by atoms with van der Waals surface area (Å²) in [6, 6.07) is 2.25. The highest BCUT2D eigenvalue weighted by molar-refractivity contribution is 7.16. The number of hydrogen-bond acceptors (Lipinski definition) is 3. The Morgan fingerprint density at radius 1 is 1.39 bits per heavy atom. The topological polar surface area (TPSA) is 52.9 Å². The normalized spacial score (nSPS) is 14.9. The van der Waals surface area contributed by atoms with Crippen molar-refractivity contribution < 1.29 is 4.79 Å². The molecule has 2 rings (SSSR count). The molecule has 1 heterocycles. The summed E-state index contributed by atoms with van der Waals surface area (Å²) >= 11 is 1.57. The number of aryl methyl sites for hydroxylation is 1. The second-order valence-electron chi connectivity index (χ2n) is 4.37. The number of carbonyl (C=O) groups excluding carboxylic acids is 1. The quantitative estimate of drug-likeness (QED) is 0.654. The van der Waals surface area contributed by atoms with E-state index >= 15 is 0 Å². The first-order valence-electron chi connectivity index (χ1n) is 6.24. The smallest absolute Gasteiger partial charge is 0.248 e. The van der Waals surface area contributed by atoms with Crippen LogP contribution in [0.1, 0.15) is 42.2 Å². The van der Waals surface area contributed by atoms with Crippen LogP contribution in [0.25, 0.3) is 0 Å². The van der Waals surface area contributed by atoms with E-state index in [1.165, 1.54) is 23.8 Å². The Morgan fingerprint density at radius 3 is 2.89 bits per heavy atom. The molecule has 0 atom stereocenters. The standard InChI is InChI=1S/C14H16N2OS/c1-2-6-13(17)16-14-11(9-15)10-7-4-3-5-8-12(10)18-14/h2,6H,3-5,7-8H2,1H3,(H,16,17)/b6-2+. The van der Waals surface area contributed by atoms with Crippen LogP contribution < -0.4 is 5.32 Å². The fourth-order valence-corrected chi connectivity index (χ4v) is 3.50. The van der Waals surface area contributed by atoms with Crippen molar-refractivity contribution in [2.75, 3.05) is 5.32 Å². The molecule has 3 nitrogen and oxygen atoms in total. The second-order valence-corrected chi connectivity index (χ2v) is 5.47. The van der Waals surface area contributed by atoms with Gasteiger partial charge in [0.1, 0.15) is 11.1 Å². The maximum atomic E-state index is 11.6. The molecule has 0 radical (unpaired) electrons. The molecule has 0 spiro atoms. The number of hydrogen-bond donors (Lipinski definition) is 1. The van der Waals surface area contributed by atoms with Crippen LogP contribution in [0.3, 0.4) is 0 Å². The maximum Gasteiger partial charge on any atom is 0.248 e. The number of rotatable bonds is 2. The average molecular weight is 260 g/mol. The van der Waals surface area contributed by atoms with E-state index in [1.807, 2.05) is 0 Å². The molecule has 0 bridgehead atoms. The minimum atomic E-state index is -0.162. The zero-order valence-electron chi connectivity index (χ0n) is 10.5. The van der Waals surface area contributed by atoms with Crippen molar-refractivity contribution in [1.29, 1.82) is 5.26 Å². The van der Waals surface area contributed by atoms with E-state index in [2.05, 4.69) is 11.4 Å². The van der Waals surface area contributed by atoms with Gasteiger partial charge in [0.15, 0.2) is 0 Å². The Hall–Kier alpha value is -1.60. The monoisotopic (exact) mass is 260 g/mol. The van der Waals surface area contributed by atoms with Gasteiger partial charge in [-0.1, -0.05) is 12.5 Å². The van der Waals surface area contributed by atoms with Crippen LogP contribution in [0.2, 0.25) is 0 Å². The van der Waals surface area contributed by atoms with Crippen molar-refractivity contribution in [3.05, 3.63) is 28.2 Å². The van der Waals surface area contributed by atoms with Crippen LogP contribution in [0, 0.1) is 11.3 Å². The second kappa shape index (κ2) is 5.83. The summed E-state index contributed by atoms with van der Waals surface area (Å²) < 4.78 is 0. The molecule has 0 fully saturated rings. The lowest BCUT2D eigenvalue weighted by atomic mass is 10.1. The molecule has 0 aliphatic heterocycles. The van der Waals surface area contributed by atoms with E-state index in [0.29, 0.717) is 10.6 Å². The minimum absolute atomic E-state index is 0.162. The fourth-order valence-electron chi connectivity index (χ4n) is 2.25. The van der Waals surface area contributed by atoms with Crippen molar-refractivity contribution in [2.24, 2.45) is 0 Å². The highest BCUT2D eigenvalue weighted by Crippen LogP contribution is 2.36. The molecule has 94 valence electrons. The molecule has 18 heavy (non-hydrogen) atoms. The molecule has 1 aromatic rings. The van der Waals surface area contributed by atoms with Crippen molar-refractivity contribution in [2.45, 2.75) is 39.0 Å². The Bertz CT molecular complexity index is 523. The first-order chi connectivity index (χ1) is 8.76. The summed E-state index contributed by atoms with van der Waals surface area (Å²) in [5.74, 6) is -0.162. The van der Waals surface area contributed by atoms with Gasteiger partial charge in [0.05, 0.1) is 5.56 Å². The molecule has 1 aliphatic rings. The summed E-state index contributed by atoms with van der Waals surface area (Å²) in [4.78, 5) is 12.8. The van der Waals surface area contributed by atoms with Crippen molar-refractivity contribution in [1.82, 2.24) is 0 Å². The van der Waals surface area contributed by atoms with Gasteiger partial charge in [0, 0.05) is 4.88 Å². The number of nitrogens with one attached hydrogen (secondary N) is 1. The molecule has 0 saturated heterocycles. The Kier molecular flexibility index (Phi) is 4.16. The van der Waals surface area contributed by atoms with Gasteiger partial charge >= 0.3 is 0 Å². The molecule has 1 aliphatic carbocycles. The first kappa shape index (κ1) is 12.8. The van der Waals surface area contributed by atoms with E-state index in [1.54, 1.807) is 24.3 Å². The Morgan fingerprint density at radius 2 is 2.17 bits per heavy atom. The lowest BCUT2D eigenvalue weighted by Gasteiger charge is -2.00. The van der Waals surface area contributed by atoms with E-state index in [9.17, 15) is 10.1 Å². The Balaban J connectivity index is 2.32. The fraction of sp³-hybridized carbons (Fsp3) is 0.429. The van der Waals surface area contributed by atoms with E-state index in [-0.39, 0.29) is 5.91 Å². The summed E-state index contributed by atoms with van der Waals surface area (Å²) in [6.07, 6.45) is 8.72. The number of nitriles is 1. The van der Waals surface area contributed by atoms with Gasteiger partial charge in [0.25, 0.3) is 0 Å². The number of carbonyl (C=O) groups is 1. The molecule has 1 aromatic heterocycles. The maximum absolute atomic E-state index is 11.6. The van der Waals surface area contributed by atoms with Gasteiger partial charge < -0.3 is 5.32 Å². The number of anilines is 1. The third kappa shape index (κ3) is 2.62. The van der Waals surface area contributed by atoms with Gasteiger partial charge in [-0.05, 0) is 44.2 Å². The van der Waals surface area contributed by atoms with Crippen LogP contribution in [0.4, 0.5) is 5.00 Å². The largest absolute Gasteiger partial charge is 0.313 e. The zero-order valence-corrected chi connectivity index (χ0v) is 11.3. The van der Waals surface area contributed by atoms with Crippen molar-refractivity contribution in [3.63, 3.8) is 0 Å². The van der Waals surface area contributed by atoms with Crippen molar-refractivity contribution >= 4 is 22.2 Å². The molecular weight excluding hydrogens is 244 g/mol. The predicted octanol–water partition coefficient (Wildman–Crippen LogP) is 3.40. The average Bonchev–Trinajstić information content (AvgIpc) is 2.52. The third-order valence-electron chi connectivity index (χ3n) is 3.09. The SMILES string of the molecule is C/C=C/C(=O)Nc1sc2c(c1C#N)CCCCC2. The first-order valence-corrected chi connectivity index (χ1v) is 7.06. The van der Waals surface area contributed by atoms with Gasteiger partial charge in [-0.3, -0.25) is 4.79 Å². The van der Waals surface area contributed by atoms with E-state index in [4.69, 9.17) is 0 Å². The zero-order chi connectivity index (χ0) is 13.0. The number of fused-ring (bicyclic) bond motifs is 1. The molecule has 1 amide bonds. The number of thiophene rings is 1. The number of allylic oxidation sites excluding steroid dienone is 1. The van der Waals surface area contributed by atoms with Gasteiger partial charge in [-0.2, -0.15) is 5.26 Å². The molecular formula is C14H16N2OS. The van der Waals surface area contributed by atoms with Crippen molar-refractivity contribution in [3.8, 4) is 6.07 Å². The predicted molar refractivity (Wildman–Crippen MR) is 73.7 cm³/mol. The Labute approximate surface area is 111 Å². The molecule has 0 aromatic carbocycles. The van der Waals surface area contributed by atoms with Crippen LogP contribution in [0.15, 0.2) is 12.2 Å². The van der Waals surface area contributed by atoms with Gasteiger partial charge in [0.2, 0.25) is 5.91 Å². The number of nitrogens with zero attached hydrogens (tertiary/aromatic N) is 1. The van der Waals surface area contributed by atoms with E-state index < -0.39 is 0 Å². The highest BCUT2D eigenvalue weighted by Gasteiger charge is 2.20. The molecule has 0 saturated carbocycles. The van der Waals surface area contributed by atoms with E-state index in [0.717, 1.165) is 24.8 Å². The summed E-state index contributed by atoms with van der Waals surface area (Å²) in [7, 11) is 0. The molecule has 4 heteroatoms. The lowest BCUT2D eigenvalue weighted by Crippen LogP contribution is -2.07.